The molecule has 6 heteroatoms. The van der Waals surface area contributed by atoms with Gasteiger partial charge < -0.3 is 15.4 Å². The van der Waals surface area contributed by atoms with Gasteiger partial charge in [-0.3, -0.25) is 9.59 Å². The fourth-order valence-electron chi connectivity index (χ4n) is 1.30. The summed E-state index contributed by atoms with van der Waals surface area (Å²) in [5.41, 5.74) is 5.29. The van der Waals surface area contributed by atoms with Crippen molar-refractivity contribution >= 4 is 5.97 Å². The van der Waals surface area contributed by atoms with Crippen LogP contribution in [0.5, 0.6) is 0 Å². The van der Waals surface area contributed by atoms with Crippen LogP contribution in [0.25, 0.3) is 0 Å². The number of carboxylic acid groups (broad SMARTS) is 1. The van der Waals surface area contributed by atoms with E-state index in [1.807, 2.05) is 6.92 Å². The van der Waals surface area contributed by atoms with Gasteiger partial charge in [0.15, 0.2) is 0 Å². The first-order valence-electron chi connectivity index (χ1n) is 4.73. The zero-order valence-electron chi connectivity index (χ0n) is 8.45. The molecule has 1 aromatic heterocycles. The quantitative estimate of drug-likeness (QED) is 0.632. The van der Waals surface area contributed by atoms with Gasteiger partial charge in [0.05, 0.1) is 5.56 Å². The first kappa shape index (κ1) is 11.5. The molecule has 0 saturated heterocycles. The third-order valence-electron chi connectivity index (χ3n) is 2.10. The molecular weight excluding hydrogens is 200 g/mol. The Morgan fingerprint density at radius 3 is 2.87 bits per heavy atom. The molecule has 0 aromatic carbocycles. The minimum Gasteiger partial charge on any atom is -0.480 e. The fraction of sp³-hybridized carbons (Fsp3) is 0.556. The lowest BCUT2D eigenvalue weighted by molar-refractivity contribution is -0.138. The molecule has 4 N–H and O–H groups in total. The van der Waals surface area contributed by atoms with Gasteiger partial charge in [0.25, 0.3) is 5.56 Å². The first-order valence-corrected chi connectivity index (χ1v) is 4.73. The topological polar surface area (TPSA) is 109 Å². The number of rotatable bonds is 5. The number of nitrogens with one attached hydrogen (secondary N) is 1. The van der Waals surface area contributed by atoms with E-state index in [0.29, 0.717) is 17.7 Å². The number of aliphatic carboxylic acids is 1. The number of aryl methyl sites for hydroxylation is 1. The summed E-state index contributed by atoms with van der Waals surface area (Å²) in [7, 11) is 0. The van der Waals surface area contributed by atoms with E-state index in [9.17, 15) is 9.59 Å². The van der Waals surface area contributed by atoms with E-state index >= 15 is 0 Å². The minimum atomic E-state index is -1.13. The molecule has 0 saturated carbocycles. The van der Waals surface area contributed by atoms with Gasteiger partial charge in [0.1, 0.15) is 11.8 Å². The minimum absolute atomic E-state index is 0.00347. The monoisotopic (exact) mass is 214 g/mol. The number of hydrogen-bond acceptors (Lipinski definition) is 4. The zero-order valence-corrected chi connectivity index (χ0v) is 8.45. The molecular formula is C9H14N2O4. The van der Waals surface area contributed by atoms with E-state index in [1.165, 1.54) is 0 Å². The van der Waals surface area contributed by atoms with Crippen LogP contribution in [0.15, 0.2) is 9.32 Å². The molecule has 1 atom stereocenters. The molecule has 0 unspecified atom stereocenters. The van der Waals surface area contributed by atoms with Gasteiger partial charge in [-0.05, 0) is 6.42 Å². The van der Waals surface area contributed by atoms with Gasteiger partial charge >= 0.3 is 5.97 Å². The predicted octanol–water partition coefficient (Wildman–Crippen LogP) is -0.125. The number of hydrogen-bond donors (Lipinski definition) is 3. The molecule has 0 fully saturated rings. The summed E-state index contributed by atoms with van der Waals surface area (Å²) in [6.07, 6.45) is 1.41. The molecule has 84 valence electrons. The van der Waals surface area contributed by atoms with Crippen molar-refractivity contribution in [1.29, 1.82) is 0 Å². The van der Waals surface area contributed by atoms with Crippen molar-refractivity contribution < 1.29 is 14.4 Å². The summed E-state index contributed by atoms with van der Waals surface area (Å²) in [4.78, 5) is 21.8. The van der Waals surface area contributed by atoms with Crippen LogP contribution in [-0.4, -0.2) is 22.3 Å². The molecule has 0 radical (unpaired) electrons. The van der Waals surface area contributed by atoms with Crippen molar-refractivity contribution in [2.24, 2.45) is 5.73 Å². The van der Waals surface area contributed by atoms with Crippen LogP contribution in [0.4, 0.5) is 0 Å². The molecule has 0 aliphatic carbocycles. The van der Waals surface area contributed by atoms with E-state index in [0.717, 1.165) is 6.42 Å². The maximum absolute atomic E-state index is 11.3. The van der Waals surface area contributed by atoms with Crippen molar-refractivity contribution in [3.05, 3.63) is 21.7 Å². The van der Waals surface area contributed by atoms with E-state index in [-0.39, 0.29) is 6.42 Å². The maximum atomic E-state index is 11.3. The Kier molecular flexibility index (Phi) is 3.68. The van der Waals surface area contributed by atoms with Crippen LogP contribution in [0.2, 0.25) is 0 Å². The highest BCUT2D eigenvalue weighted by Crippen LogP contribution is 2.08. The summed E-state index contributed by atoms with van der Waals surface area (Å²) >= 11 is 0. The van der Waals surface area contributed by atoms with E-state index in [2.05, 4.69) is 5.16 Å². The van der Waals surface area contributed by atoms with Crippen LogP contribution in [0, 0.1) is 0 Å². The predicted molar refractivity (Wildman–Crippen MR) is 52.6 cm³/mol. The molecule has 0 amide bonds. The molecule has 1 heterocycles. The molecule has 1 aromatic rings. The van der Waals surface area contributed by atoms with Crippen molar-refractivity contribution in [2.45, 2.75) is 32.2 Å². The average Bonchev–Trinajstić information content (AvgIpc) is 2.50. The molecule has 1 rings (SSSR count). The standard InChI is InChI=1S/C9H14N2O4/c1-2-3-7-5(8(12)11-15-7)4-6(10)9(13)14/h6H,2-4,10H2,1H3,(H,11,12)(H,13,14)/t6-/m0/s1. The molecule has 0 aliphatic rings. The highest BCUT2D eigenvalue weighted by atomic mass is 16.5. The largest absolute Gasteiger partial charge is 0.480 e. The lowest BCUT2D eigenvalue weighted by Gasteiger charge is -2.03. The van der Waals surface area contributed by atoms with E-state index < -0.39 is 17.6 Å². The van der Waals surface area contributed by atoms with Gasteiger partial charge in [-0.25, -0.2) is 0 Å². The Labute approximate surface area is 86.0 Å². The second kappa shape index (κ2) is 4.79. The van der Waals surface area contributed by atoms with Gasteiger partial charge in [0.2, 0.25) is 0 Å². The van der Waals surface area contributed by atoms with E-state index in [1.54, 1.807) is 0 Å². The SMILES string of the molecule is CCCc1o[nH]c(=O)c1C[C@H](N)C(=O)O. The smallest absolute Gasteiger partial charge is 0.320 e. The summed E-state index contributed by atoms with van der Waals surface area (Å²) < 4.78 is 4.93. The number of carboxylic acids is 1. The average molecular weight is 214 g/mol. The van der Waals surface area contributed by atoms with Gasteiger partial charge in [-0.1, -0.05) is 6.92 Å². The van der Waals surface area contributed by atoms with Crippen molar-refractivity contribution in [3.63, 3.8) is 0 Å². The maximum Gasteiger partial charge on any atom is 0.320 e. The number of H-pyrrole nitrogens is 1. The number of nitrogens with two attached hydrogens (primary N) is 1. The molecule has 0 spiro atoms. The van der Waals surface area contributed by atoms with Crippen molar-refractivity contribution in [1.82, 2.24) is 5.16 Å². The highest BCUT2D eigenvalue weighted by molar-refractivity contribution is 5.73. The van der Waals surface area contributed by atoms with E-state index in [4.69, 9.17) is 15.4 Å². The number of aromatic amines is 1. The third-order valence-corrected chi connectivity index (χ3v) is 2.10. The Balaban J connectivity index is 2.87. The number of carbonyl (C=O) groups is 1. The molecule has 6 nitrogen and oxygen atoms in total. The summed E-state index contributed by atoms with van der Waals surface area (Å²) in [5.74, 6) is -0.628. The Morgan fingerprint density at radius 1 is 1.67 bits per heavy atom. The summed E-state index contributed by atoms with van der Waals surface area (Å²) in [6, 6.07) is -1.07. The molecule has 15 heavy (non-hydrogen) atoms. The number of aromatic nitrogens is 1. The normalized spacial score (nSPS) is 12.7. The molecule has 0 bridgehead atoms. The van der Waals surface area contributed by atoms with Crippen LogP contribution < -0.4 is 11.3 Å². The Hall–Kier alpha value is -1.56. The van der Waals surface area contributed by atoms with Crippen LogP contribution in [0.1, 0.15) is 24.7 Å². The third kappa shape index (κ3) is 2.69. The Bertz CT molecular complexity index is 393. The highest BCUT2D eigenvalue weighted by Gasteiger charge is 2.19. The fourth-order valence-corrected chi connectivity index (χ4v) is 1.30. The zero-order chi connectivity index (χ0) is 11.4. The van der Waals surface area contributed by atoms with Gasteiger partial charge in [-0.15, -0.1) is 0 Å². The first-order chi connectivity index (χ1) is 7.06. The van der Waals surface area contributed by atoms with Crippen LogP contribution >= 0.6 is 0 Å². The van der Waals surface area contributed by atoms with Crippen molar-refractivity contribution in [3.8, 4) is 0 Å². The summed E-state index contributed by atoms with van der Waals surface area (Å²) in [5, 5.41) is 10.8. The second-order valence-electron chi connectivity index (χ2n) is 3.33. The van der Waals surface area contributed by atoms with Crippen LogP contribution in [0.3, 0.4) is 0 Å². The second-order valence-corrected chi connectivity index (χ2v) is 3.33. The van der Waals surface area contributed by atoms with Crippen LogP contribution in [-0.2, 0) is 17.6 Å². The Morgan fingerprint density at radius 2 is 2.33 bits per heavy atom. The lowest BCUT2D eigenvalue weighted by atomic mass is 10.1. The molecule has 0 aliphatic heterocycles. The summed E-state index contributed by atoms with van der Waals surface area (Å²) in [6.45, 7) is 1.94. The van der Waals surface area contributed by atoms with Gasteiger partial charge in [-0.2, -0.15) is 5.16 Å². The van der Waals surface area contributed by atoms with Crippen molar-refractivity contribution in [2.75, 3.05) is 0 Å². The lowest BCUT2D eigenvalue weighted by Crippen LogP contribution is -2.34. The van der Waals surface area contributed by atoms with Gasteiger partial charge in [0, 0.05) is 12.8 Å².